The summed E-state index contributed by atoms with van der Waals surface area (Å²) in [7, 11) is 0. The highest BCUT2D eigenvalue weighted by Gasteiger charge is 2.18. The Morgan fingerprint density at radius 2 is 2.50 bits per heavy atom. The number of carbonyl (C=O) groups excluding carboxylic acids is 1. The van der Waals surface area contributed by atoms with Gasteiger partial charge >= 0.3 is 0 Å². The molecule has 1 aromatic rings. The van der Waals surface area contributed by atoms with Gasteiger partial charge in [0, 0.05) is 19.0 Å². The van der Waals surface area contributed by atoms with Gasteiger partial charge in [-0.2, -0.15) is 0 Å². The van der Waals surface area contributed by atoms with Crippen molar-refractivity contribution in [3.63, 3.8) is 0 Å². The first-order chi connectivity index (χ1) is 7.77. The van der Waals surface area contributed by atoms with Crippen LogP contribution in [-0.2, 0) is 4.74 Å². The van der Waals surface area contributed by atoms with Gasteiger partial charge < -0.3 is 10.1 Å². The third-order valence-electron chi connectivity index (χ3n) is 2.51. The summed E-state index contributed by atoms with van der Waals surface area (Å²) in [4.78, 5) is 15.7. The summed E-state index contributed by atoms with van der Waals surface area (Å²) in [5.74, 6) is -0.186. The molecule has 0 saturated carbocycles. The topological polar surface area (TPSA) is 51.2 Å². The van der Waals surface area contributed by atoms with Gasteiger partial charge in [-0.1, -0.05) is 11.6 Å². The van der Waals surface area contributed by atoms with E-state index in [1.54, 1.807) is 12.3 Å². The molecular weight excluding hydrogens is 228 g/mol. The number of rotatable bonds is 2. The van der Waals surface area contributed by atoms with Crippen LogP contribution in [0, 0.1) is 0 Å². The maximum Gasteiger partial charge on any atom is 0.254 e. The number of hydrogen-bond acceptors (Lipinski definition) is 3. The van der Waals surface area contributed by atoms with E-state index < -0.39 is 0 Å². The van der Waals surface area contributed by atoms with E-state index in [2.05, 4.69) is 10.3 Å². The quantitative estimate of drug-likeness (QED) is 0.855. The third kappa shape index (κ3) is 2.71. The van der Waals surface area contributed by atoms with Gasteiger partial charge in [0.2, 0.25) is 0 Å². The number of nitrogens with zero attached hydrogens (tertiary/aromatic N) is 1. The number of carbonyl (C=O) groups is 1. The number of halogens is 1. The van der Waals surface area contributed by atoms with Crippen molar-refractivity contribution in [3.8, 4) is 0 Å². The van der Waals surface area contributed by atoms with Crippen LogP contribution in [0.15, 0.2) is 18.5 Å². The van der Waals surface area contributed by atoms with E-state index in [0.29, 0.717) is 17.2 Å². The lowest BCUT2D eigenvalue weighted by atomic mass is 10.1. The van der Waals surface area contributed by atoms with Crippen LogP contribution in [0.25, 0.3) is 0 Å². The summed E-state index contributed by atoms with van der Waals surface area (Å²) in [5, 5.41) is 3.31. The zero-order valence-corrected chi connectivity index (χ0v) is 9.54. The van der Waals surface area contributed by atoms with Crippen molar-refractivity contribution >= 4 is 17.5 Å². The smallest absolute Gasteiger partial charge is 0.254 e. The first-order valence-electron chi connectivity index (χ1n) is 5.25. The Morgan fingerprint density at radius 3 is 3.19 bits per heavy atom. The molecule has 5 heteroatoms. The second kappa shape index (κ2) is 5.27. The molecule has 2 rings (SSSR count). The van der Waals surface area contributed by atoms with Crippen molar-refractivity contribution in [1.82, 2.24) is 10.3 Å². The Morgan fingerprint density at radius 1 is 1.62 bits per heavy atom. The fourth-order valence-electron chi connectivity index (χ4n) is 1.66. The number of amides is 1. The maximum atomic E-state index is 11.8. The van der Waals surface area contributed by atoms with Gasteiger partial charge in [-0.25, -0.2) is 0 Å². The molecule has 1 unspecified atom stereocenters. The van der Waals surface area contributed by atoms with Crippen LogP contribution in [0.2, 0.25) is 5.02 Å². The van der Waals surface area contributed by atoms with E-state index >= 15 is 0 Å². The first kappa shape index (κ1) is 11.4. The standard InChI is InChI=1S/C11H13ClN2O2/c12-10-3-4-13-6-9(10)11(15)14-8-2-1-5-16-7-8/h3-4,6,8H,1-2,5,7H2,(H,14,15). The minimum atomic E-state index is -0.186. The minimum absolute atomic E-state index is 0.0810. The molecule has 1 saturated heterocycles. The second-order valence-electron chi connectivity index (χ2n) is 3.74. The molecule has 1 aliphatic heterocycles. The molecule has 1 N–H and O–H groups in total. The van der Waals surface area contributed by atoms with Crippen molar-refractivity contribution in [2.75, 3.05) is 13.2 Å². The van der Waals surface area contributed by atoms with Crippen LogP contribution >= 0.6 is 11.6 Å². The van der Waals surface area contributed by atoms with Crippen LogP contribution in [0.3, 0.4) is 0 Å². The van der Waals surface area contributed by atoms with Crippen molar-refractivity contribution in [2.24, 2.45) is 0 Å². The molecule has 1 aromatic heterocycles. The van der Waals surface area contributed by atoms with E-state index in [9.17, 15) is 4.79 Å². The molecule has 1 fully saturated rings. The van der Waals surface area contributed by atoms with Gasteiger partial charge in [0.1, 0.15) is 0 Å². The second-order valence-corrected chi connectivity index (χ2v) is 4.15. The molecule has 86 valence electrons. The lowest BCUT2D eigenvalue weighted by molar-refractivity contribution is 0.0624. The summed E-state index contributed by atoms with van der Waals surface area (Å²) < 4.78 is 5.29. The molecule has 2 heterocycles. The van der Waals surface area contributed by atoms with Crippen molar-refractivity contribution < 1.29 is 9.53 Å². The summed E-state index contributed by atoms with van der Waals surface area (Å²) >= 11 is 5.90. The van der Waals surface area contributed by atoms with Gasteiger partial charge in [-0.15, -0.1) is 0 Å². The van der Waals surface area contributed by atoms with E-state index in [4.69, 9.17) is 16.3 Å². The Balaban J connectivity index is 2.00. The van der Waals surface area contributed by atoms with Crippen LogP contribution < -0.4 is 5.32 Å². The minimum Gasteiger partial charge on any atom is -0.379 e. The lowest BCUT2D eigenvalue weighted by Gasteiger charge is -2.23. The first-order valence-corrected chi connectivity index (χ1v) is 5.63. The number of aromatic nitrogens is 1. The van der Waals surface area contributed by atoms with Gasteiger partial charge in [-0.3, -0.25) is 9.78 Å². The molecule has 16 heavy (non-hydrogen) atoms. The van der Waals surface area contributed by atoms with Gasteiger partial charge in [0.15, 0.2) is 0 Å². The van der Waals surface area contributed by atoms with E-state index in [1.807, 2.05) is 0 Å². The molecule has 1 amide bonds. The fraction of sp³-hybridized carbons (Fsp3) is 0.455. The highest BCUT2D eigenvalue weighted by atomic mass is 35.5. The lowest BCUT2D eigenvalue weighted by Crippen LogP contribution is -2.40. The SMILES string of the molecule is O=C(NC1CCCOC1)c1cnccc1Cl. The molecule has 0 aromatic carbocycles. The van der Waals surface area contributed by atoms with E-state index in [1.165, 1.54) is 6.20 Å². The van der Waals surface area contributed by atoms with Gasteiger partial charge in [-0.05, 0) is 18.9 Å². The van der Waals surface area contributed by atoms with Gasteiger partial charge in [0.05, 0.1) is 23.2 Å². The van der Waals surface area contributed by atoms with E-state index in [0.717, 1.165) is 19.4 Å². The Hall–Kier alpha value is -1.13. The summed E-state index contributed by atoms with van der Waals surface area (Å²) in [6.45, 7) is 1.35. The number of nitrogens with one attached hydrogen (secondary N) is 1. The fourth-order valence-corrected chi connectivity index (χ4v) is 1.85. The largest absolute Gasteiger partial charge is 0.379 e. The van der Waals surface area contributed by atoms with Crippen LogP contribution in [0.5, 0.6) is 0 Å². The molecule has 4 nitrogen and oxygen atoms in total. The van der Waals surface area contributed by atoms with Crippen molar-refractivity contribution in [3.05, 3.63) is 29.0 Å². The molecule has 0 radical (unpaired) electrons. The molecule has 1 atom stereocenters. The number of ether oxygens (including phenoxy) is 1. The summed E-state index contributed by atoms with van der Waals surface area (Å²) in [6.07, 6.45) is 4.96. The summed E-state index contributed by atoms with van der Waals surface area (Å²) in [6, 6.07) is 1.69. The normalized spacial score (nSPS) is 20.4. The maximum absolute atomic E-state index is 11.8. The third-order valence-corrected chi connectivity index (χ3v) is 2.84. The monoisotopic (exact) mass is 240 g/mol. The van der Waals surface area contributed by atoms with Crippen LogP contribution in [0.4, 0.5) is 0 Å². The van der Waals surface area contributed by atoms with Crippen LogP contribution in [0.1, 0.15) is 23.2 Å². The summed E-state index contributed by atoms with van der Waals surface area (Å²) in [5.41, 5.74) is 0.412. The van der Waals surface area contributed by atoms with Gasteiger partial charge in [0.25, 0.3) is 5.91 Å². The average Bonchev–Trinajstić information content (AvgIpc) is 2.31. The number of hydrogen-bond donors (Lipinski definition) is 1. The van der Waals surface area contributed by atoms with E-state index in [-0.39, 0.29) is 11.9 Å². The molecule has 0 aliphatic carbocycles. The van der Waals surface area contributed by atoms with Crippen LogP contribution in [-0.4, -0.2) is 30.1 Å². The Bertz CT molecular complexity index is 378. The molecule has 0 bridgehead atoms. The Labute approximate surface area is 99.0 Å². The molecular formula is C11H13ClN2O2. The highest BCUT2D eigenvalue weighted by molar-refractivity contribution is 6.33. The predicted molar refractivity (Wildman–Crippen MR) is 60.6 cm³/mol. The highest BCUT2D eigenvalue weighted by Crippen LogP contribution is 2.14. The molecule has 1 aliphatic rings. The van der Waals surface area contributed by atoms with Crippen molar-refractivity contribution in [1.29, 1.82) is 0 Å². The molecule has 0 spiro atoms. The van der Waals surface area contributed by atoms with Crippen molar-refractivity contribution in [2.45, 2.75) is 18.9 Å². The Kier molecular flexibility index (Phi) is 3.74. The average molecular weight is 241 g/mol. The predicted octanol–water partition coefficient (Wildman–Crippen LogP) is 1.64. The number of pyridine rings is 1. The zero-order chi connectivity index (χ0) is 11.4. The zero-order valence-electron chi connectivity index (χ0n) is 8.78.